The lowest BCUT2D eigenvalue weighted by atomic mass is 9.97. The number of ether oxygens (including phenoxy) is 2. The van der Waals surface area contributed by atoms with E-state index in [9.17, 15) is 26.4 Å². The van der Waals surface area contributed by atoms with Gasteiger partial charge in [-0.25, -0.2) is 23.7 Å². The van der Waals surface area contributed by atoms with Crippen molar-refractivity contribution in [3.8, 4) is 5.75 Å². The third-order valence-electron chi connectivity index (χ3n) is 7.24. The molecular weight excluding hydrogens is 577 g/mol. The summed E-state index contributed by atoms with van der Waals surface area (Å²) in [6.07, 6.45) is -0.781. The Balaban J connectivity index is 1.29. The first kappa shape index (κ1) is 30.1. The molecule has 2 saturated heterocycles. The quantitative estimate of drug-likeness (QED) is 0.429. The maximum absolute atomic E-state index is 13.9. The monoisotopic (exact) mass is 608 g/mol. The van der Waals surface area contributed by atoms with Crippen molar-refractivity contribution in [3.05, 3.63) is 59.7 Å². The lowest BCUT2D eigenvalue weighted by molar-refractivity contribution is -0.200. The van der Waals surface area contributed by atoms with E-state index in [2.05, 4.69) is 15.5 Å². The summed E-state index contributed by atoms with van der Waals surface area (Å²) in [6, 6.07) is 10.6. The van der Waals surface area contributed by atoms with Gasteiger partial charge < -0.3 is 9.47 Å². The van der Waals surface area contributed by atoms with Gasteiger partial charge in [0.1, 0.15) is 23.6 Å². The number of sulfonamides is 1. The fourth-order valence-electron chi connectivity index (χ4n) is 5.06. The van der Waals surface area contributed by atoms with Crippen molar-refractivity contribution in [1.29, 1.82) is 0 Å². The van der Waals surface area contributed by atoms with E-state index in [1.807, 2.05) is 0 Å². The van der Waals surface area contributed by atoms with Gasteiger partial charge in [0.15, 0.2) is 6.29 Å². The van der Waals surface area contributed by atoms with E-state index in [0.717, 1.165) is 25.0 Å². The molecule has 10 nitrogen and oxygen atoms in total. The second-order valence-electron chi connectivity index (χ2n) is 10.1. The Morgan fingerprint density at radius 2 is 1.79 bits per heavy atom. The Morgan fingerprint density at radius 3 is 2.43 bits per heavy atom. The van der Waals surface area contributed by atoms with E-state index in [4.69, 9.17) is 14.3 Å². The number of amidine groups is 1. The highest BCUT2D eigenvalue weighted by atomic mass is 32.2. The van der Waals surface area contributed by atoms with Crippen molar-refractivity contribution < 1.29 is 40.7 Å². The average Bonchev–Trinajstić information content (AvgIpc) is 3.51. The first-order valence-corrected chi connectivity index (χ1v) is 15.1. The number of nitrogens with one attached hydrogen (secondary N) is 1. The van der Waals surface area contributed by atoms with Crippen molar-refractivity contribution in [2.24, 2.45) is 9.98 Å². The van der Waals surface area contributed by atoms with Gasteiger partial charge in [-0.15, -0.1) is 0 Å². The minimum atomic E-state index is -4.44. The van der Waals surface area contributed by atoms with Crippen LogP contribution in [-0.2, 0) is 30.6 Å². The fraction of sp³-hybridized carbons (Fsp3) is 0.464. The van der Waals surface area contributed by atoms with E-state index in [1.54, 1.807) is 24.4 Å². The second-order valence-corrected chi connectivity index (χ2v) is 12.0. The number of hydrogen-bond donors (Lipinski definition) is 1. The molecule has 3 aliphatic rings. The number of piperidine rings is 1. The zero-order valence-corrected chi connectivity index (χ0v) is 23.4. The number of halogens is 3. The van der Waals surface area contributed by atoms with Gasteiger partial charge in [-0.2, -0.15) is 17.5 Å². The number of amides is 1. The van der Waals surface area contributed by atoms with Gasteiger partial charge in [-0.05, 0) is 61.6 Å². The first-order valence-electron chi connectivity index (χ1n) is 13.7. The predicted molar refractivity (Wildman–Crippen MR) is 147 cm³/mol. The summed E-state index contributed by atoms with van der Waals surface area (Å²) >= 11 is 0. The average molecular weight is 609 g/mol. The van der Waals surface area contributed by atoms with Gasteiger partial charge in [0, 0.05) is 32.3 Å². The SMILES string of the molecule is O=C(NOC1CCCCO1)C(C1=NCC=N1)c1ccccc1S(=O)(=O)N1CCC(Oc2ccc(C(F)(F)F)cc2)CC1. The largest absolute Gasteiger partial charge is 0.490 e. The Bertz CT molecular complexity index is 1420. The van der Waals surface area contributed by atoms with Gasteiger partial charge in [0.25, 0.3) is 5.91 Å². The minimum absolute atomic E-state index is 0.0500. The molecule has 2 fully saturated rings. The normalized spacial score (nSPS) is 21.1. The minimum Gasteiger partial charge on any atom is -0.490 e. The fourth-order valence-corrected chi connectivity index (χ4v) is 6.76. The molecule has 3 heterocycles. The predicted octanol–water partition coefficient (Wildman–Crippen LogP) is 4.08. The molecule has 2 aromatic rings. The van der Waals surface area contributed by atoms with E-state index in [0.29, 0.717) is 25.9 Å². The number of benzene rings is 2. The number of carbonyl (C=O) groups is 1. The first-order chi connectivity index (χ1) is 20.1. The Labute approximate surface area is 241 Å². The molecule has 1 amide bonds. The number of rotatable bonds is 9. The second kappa shape index (κ2) is 12.9. The molecule has 3 aliphatic heterocycles. The smallest absolute Gasteiger partial charge is 0.416 e. The molecule has 2 aromatic carbocycles. The molecule has 0 aromatic heterocycles. The molecule has 0 saturated carbocycles. The van der Waals surface area contributed by atoms with Crippen LogP contribution < -0.4 is 10.2 Å². The van der Waals surface area contributed by atoms with Crippen LogP contribution >= 0.6 is 0 Å². The molecule has 42 heavy (non-hydrogen) atoms. The van der Waals surface area contributed by atoms with Crippen LogP contribution in [0.25, 0.3) is 0 Å². The molecule has 2 atom stereocenters. The van der Waals surface area contributed by atoms with Gasteiger partial charge >= 0.3 is 6.18 Å². The van der Waals surface area contributed by atoms with Crippen LogP contribution in [0.2, 0.25) is 0 Å². The molecule has 0 radical (unpaired) electrons. The molecule has 0 spiro atoms. The van der Waals surface area contributed by atoms with E-state index in [-0.39, 0.29) is 47.8 Å². The zero-order valence-electron chi connectivity index (χ0n) is 22.6. The summed E-state index contributed by atoms with van der Waals surface area (Å²) in [4.78, 5) is 27.3. The lowest BCUT2D eigenvalue weighted by Gasteiger charge is -2.32. The number of hydrogen-bond acceptors (Lipinski definition) is 8. The van der Waals surface area contributed by atoms with Crippen LogP contribution in [0, 0.1) is 0 Å². The van der Waals surface area contributed by atoms with Crippen LogP contribution in [0.5, 0.6) is 5.75 Å². The third kappa shape index (κ3) is 7.00. The van der Waals surface area contributed by atoms with Gasteiger partial charge in [0.05, 0.1) is 17.0 Å². The number of alkyl halides is 3. The molecule has 5 rings (SSSR count). The van der Waals surface area contributed by atoms with Crippen molar-refractivity contribution >= 4 is 28.0 Å². The summed E-state index contributed by atoms with van der Waals surface area (Å²) in [5, 5.41) is 0. The highest BCUT2D eigenvalue weighted by Gasteiger charge is 2.37. The third-order valence-corrected chi connectivity index (χ3v) is 9.21. The Hall–Kier alpha value is -3.33. The van der Waals surface area contributed by atoms with E-state index in [1.165, 1.54) is 22.5 Å². The molecular formula is C28H31F3N4O6S. The van der Waals surface area contributed by atoms with Crippen molar-refractivity contribution in [2.75, 3.05) is 26.2 Å². The maximum Gasteiger partial charge on any atom is 0.416 e. The maximum atomic E-state index is 13.9. The van der Waals surface area contributed by atoms with Crippen molar-refractivity contribution in [3.63, 3.8) is 0 Å². The zero-order chi connectivity index (χ0) is 29.7. The molecule has 226 valence electrons. The Kier molecular flexibility index (Phi) is 9.25. The van der Waals surface area contributed by atoms with Crippen LogP contribution in [0.1, 0.15) is 49.1 Å². The van der Waals surface area contributed by atoms with Crippen LogP contribution in [0.3, 0.4) is 0 Å². The van der Waals surface area contributed by atoms with Crippen LogP contribution in [-0.4, -0.2) is 69.3 Å². The number of hydroxylamine groups is 1. The van der Waals surface area contributed by atoms with E-state index < -0.39 is 39.9 Å². The highest BCUT2D eigenvalue weighted by molar-refractivity contribution is 7.89. The van der Waals surface area contributed by atoms with Gasteiger partial charge in [-0.1, -0.05) is 18.2 Å². The molecule has 0 aliphatic carbocycles. The van der Waals surface area contributed by atoms with Crippen LogP contribution in [0.4, 0.5) is 13.2 Å². The highest BCUT2D eigenvalue weighted by Crippen LogP contribution is 2.33. The van der Waals surface area contributed by atoms with Crippen molar-refractivity contribution in [2.45, 2.75) is 61.5 Å². The summed E-state index contributed by atoms with van der Waals surface area (Å²) in [7, 11) is -4.05. The van der Waals surface area contributed by atoms with Gasteiger partial charge in [-0.3, -0.25) is 9.79 Å². The summed E-state index contributed by atoms with van der Waals surface area (Å²) in [6.45, 7) is 1.04. The Morgan fingerprint density at radius 1 is 1.05 bits per heavy atom. The summed E-state index contributed by atoms with van der Waals surface area (Å²) < 4.78 is 78.9. The number of aliphatic imine (C=N–C) groups is 2. The summed E-state index contributed by atoms with van der Waals surface area (Å²) in [5.74, 6) is -1.30. The summed E-state index contributed by atoms with van der Waals surface area (Å²) in [5.41, 5.74) is 1.86. The molecule has 1 N–H and O–H groups in total. The molecule has 2 unspecified atom stereocenters. The molecule has 0 bridgehead atoms. The standard InChI is InChI=1S/C28H31F3N4O6S/c29-28(30,31)19-8-10-20(11-9-19)40-21-12-16-35(17-13-21)42(37,38)23-6-2-1-5-22(23)25(26-32-14-15-33-26)27(36)34-41-24-7-3-4-18-39-24/h1-2,5-6,8-11,14,21,24-25H,3-4,7,12-13,15-18H2,(H,34,36). The van der Waals surface area contributed by atoms with Crippen LogP contribution in [0.15, 0.2) is 63.4 Å². The topological polar surface area (TPSA) is 119 Å². The molecule has 14 heteroatoms. The van der Waals surface area contributed by atoms with E-state index >= 15 is 0 Å². The lowest BCUT2D eigenvalue weighted by Crippen LogP contribution is -2.42. The van der Waals surface area contributed by atoms with Crippen molar-refractivity contribution in [1.82, 2.24) is 9.79 Å². The number of nitrogens with zero attached hydrogens (tertiary/aromatic N) is 3. The number of carbonyl (C=O) groups excluding carboxylic acids is 1. The van der Waals surface area contributed by atoms with Gasteiger partial charge in [0.2, 0.25) is 10.0 Å².